The van der Waals surface area contributed by atoms with E-state index in [1.54, 1.807) is 0 Å². The molecule has 66 valence electrons. The van der Waals surface area contributed by atoms with E-state index in [9.17, 15) is 0 Å². The first-order valence-electron chi connectivity index (χ1n) is 4.36. The molecule has 2 rings (SSSR count). The molecule has 1 saturated heterocycles. The molecule has 0 aliphatic carbocycles. The molecular weight excluding hydrogens is 168 g/mol. The van der Waals surface area contributed by atoms with Crippen LogP contribution in [0.1, 0.15) is 10.8 Å². The highest BCUT2D eigenvalue weighted by atomic mass is 32.1. The number of thiophene rings is 1. The van der Waals surface area contributed by atoms with Gasteiger partial charge in [0.15, 0.2) is 0 Å². The fourth-order valence-electron chi connectivity index (χ4n) is 1.82. The molecule has 1 fully saturated rings. The molecule has 2 atom stereocenters. The van der Waals surface area contributed by atoms with Crippen LogP contribution in [-0.2, 0) is 0 Å². The molecule has 3 heteroatoms. The lowest BCUT2D eigenvalue weighted by Gasteiger charge is -2.14. The van der Waals surface area contributed by atoms with Crippen molar-refractivity contribution in [2.75, 3.05) is 19.6 Å². The Bertz CT molecular complexity index is 233. The Kier molecular flexibility index (Phi) is 2.44. The van der Waals surface area contributed by atoms with Crippen molar-refractivity contribution in [2.24, 2.45) is 11.7 Å². The first-order chi connectivity index (χ1) is 5.92. The van der Waals surface area contributed by atoms with E-state index in [1.807, 2.05) is 11.3 Å². The van der Waals surface area contributed by atoms with Gasteiger partial charge < -0.3 is 11.1 Å². The van der Waals surface area contributed by atoms with Crippen molar-refractivity contribution in [3.05, 3.63) is 22.4 Å². The molecule has 1 aliphatic heterocycles. The van der Waals surface area contributed by atoms with Crippen LogP contribution in [0.5, 0.6) is 0 Å². The summed E-state index contributed by atoms with van der Waals surface area (Å²) in [5, 5.41) is 5.53. The number of hydrogen-bond acceptors (Lipinski definition) is 3. The Morgan fingerprint density at radius 1 is 1.58 bits per heavy atom. The molecule has 1 aliphatic rings. The van der Waals surface area contributed by atoms with Crippen LogP contribution in [-0.4, -0.2) is 19.6 Å². The molecule has 0 amide bonds. The maximum absolute atomic E-state index is 5.69. The van der Waals surface area contributed by atoms with Crippen LogP contribution in [0, 0.1) is 5.92 Å². The summed E-state index contributed by atoms with van der Waals surface area (Å²) < 4.78 is 0. The minimum absolute atomic E-state index is 0.642. The lowest BCUT2D eigenvalue weighted by atomic mass is 9.95. The van der Waals surface area contributed by atoms with Crippen molar-refractivity contribution >= 4 is 11.3 Å². The van der Waals surface area contributed by atoms with Crippen LogP contribution in [0.3, 0.4) is 0 Å². The van der Waals surface area contributed by atoms with Crippen LogP contribution in [0.4, 0.5) is 0 Å². The summed E-state index contributed by atoms with van der Waals surface area (Å²) in [5.41, 5.74) is 5.69. The summed E-state index contributed by atoms with van der Waals surface area (Å²) in [4.78, 5) is 1.48. The number of rotatable bonds is 2. The molecule has 0 saturated carbocycles. The van der Waals surface area contributed by atoms with Crippen molar-refractivity contribution < 1.29 is 0 Å². The average Bonchev–Trinajstić information content (AvgIpc) is 2.74. The van der Waals surface area contributed by atoms with Gasteiger partial charge in [-0.15, -0.1) is 11.3 Å². The van der Waals surface area contributed by atoms with E-state index >= 15 is 0 Å². The minimum atomic E-state index is 0.642. The van der Waals surface area contributed by atoms with E-state index in [-0.39, 0.29) is 0 Å². The molecule has 1 aromatic rings. The Hall–Kier alpha value is -0.380. The Morgan fingerprint density at radius 2 is 2.50 bits per heavy atom. The average molecular weight is 182 g/mol. The molecule has 2 unspecified atom stereocenters. The lowest BCUT2D eigenvalue weighted by molar-refractivity contribution is 0.537. The summed E-state index contributed by atoms with van der Waals surface area (Å²) in [6.45, 7) is 2.98. The zero-order valence-electron chi connectivity index (χ0n) is 6.99. The Balaban J connectivity index is 2.13. The smallest absolute Gasteiger partial charge is 0.0110 e. The quantitative estimate of drug-likeness (QED) is 0.716. The molecule has 12 heavy (non-hydrogen) atoms. The monoisotopic (exact) mass is 182 g/mol. The van der Waals surface area contributed by atoms with Gasteiger partial charge in [0.1, 0.15) is 0 Å². The molecule has 2 nitrogen and oxygen atoms in total. The molecule has 0 bridgehead atoms. The van der Waals surface area contributed by atoms with Crippen molar-refractivity contribution in [1.82, 2.24) is 5.32 Å². The first-order valence-corrected chi connectivity index (χ1v) is 5.24. The summed E-state index contributed by atoms with van der Waals surface area (Å²) in [6, 6.07) is 4.33. The van der Waals surface area contributed by atoms with Gasteiger partial charge >= 0.3 is 0 Å². The topological polar surface area (TPSA) is 38.0 Å². The largest absolute Gasteiger partial charge is 0.330 e. The van der Waals surface area contributed by atoms with Gasteiger partial charge in [0.2, 0.25) is 0 Å². The molecular formula is C9H14N2S. The standard InChI is InChI=1S/C9H14N2S/c10-4-7-5-11-6-8(7)9-2-1-3-12-9/h1-3,7-8,11H,4-6,10H2. The van der Waals surface area contributed by atoms with Crippen LogP contribution in [0.25, 0.3) is 0 Å². The number of nitrogens with two attached hydrogens (primary N) is 1. The second-order valence-electron chi connectivity index (χ2n) is 3.28. The normalized spacial score (nSPS) is 29.4. The fourth-order valence-corrected chi connectivity index (χ4v) is 2.74. The zero-order chi connectivity index (χ0) is 8.39. The van der Waals surface area contributed by atoms with Crippen molar-refractivity contribution in [3.8, 4) is 0 Å². The van der Waals surface area contributed by atoms with E-state index in [2.05, 4.69) is 22.8 Å². The van der Waals surface area contributed by atoms with Gasteiger partial charge in [0.25, 0.3) is 0 Å². The lowest BCUT2D eigenvalue weighted by Crippen LogP contribution is -2.20. The van der Waals surface area contributed by atoms with E-state index in [1.165, 1.54) is 4.88 Å². The molecule has 1 aromatic heterocycles. The second-order valence-corrected chi connectivity index (χ2v) is 4.26. The molecule has 2 heterocycles. The third-order valence-electron chi connectivity index (χ3n) is 2.55. The van der Waals surface area contributed by atoms with E-state index in [0.29, 0.717) is 11.8 Å². The van der Waals surface area contributed by atoms with Gasteiger partial charge in [-0.3, -0.25) is 0 Å². The van der Waals surface area contributed by atoms with Gasteiger partial charge in [-0.25, -0.2) is 0 Å². The van der Waals surface area contributed by atoms with E-state index in [0.717, 1.165) is 19.6 Å². The third kappa shape index (κ3) is 1.40. The summed E-state index contributed by atoms with van der Waals surface area (Å²) in [5.74, 6) is 1.30. The predicted octanol–water partition coefficient (Wildman–Crippen LogP) is 1.01. The maximum Gasteiger partial charge on any atom is 0.0110 e. The molecule has 3 N–H and O–H groups in total. The van der Waals surface area contributed by atoms with Crippen molar-refractivity contribution in [1.29, 1.82) is 0 Å². The van der Waals surface area contributed by atoms with Gasteiger partial charge in [-0.05, 0) is 30.5 Å². The second kappa shape index (κ2) is 3.56. The molecule has 0 spiro atoms. The van der Waals surface area contributed by atoms with Gasteiger partial charge in [-0.1, -0.05) is 6.07 Å². The van der Waals surface area contributed by atoms with Crippen LogP contribution in [0.2, 0.25) is 0 Å². The van der Waals surface area contributed by atoms with Crippen LogP contribution in [0.15, 0.2) is 17.5 Å². The van der Waals surface area contributed by atoms with Crippen LogP contribution < -0.4 is 11.1 Å². The SMILES string of the molecule is NCC1CNCC1c1cccs1. The first kappa shape index (κ1) is 8.23. The Morgan fingerprint density at radius 3 is 3.17 bits per heavy atom. The summed E-state index contributed by atoms with van der Waals surface area (Å²) in [7, 11) is 0. The summed E-state index contributed by atoms with van der Waals surface area (Å²) >= 11 is 1.84. The highest BCUT2D eigenvalue weighted by Crippen LogP contribution is 2.30. The predicted molar refractivity (Wildman–Crippen MR) is 52.5 cm³/mol. The minimum Gasteiger partial charge on any atom is -0.330 e. The summed E-state index contributed by atoms with van der Waals surface area (Å²) in [6.07, 6.45) is 0. The number of nitrogens with one attached hydrogen (secondary N) is 1. The van der Waals surface area contributed by atoms with Gasteiger partial charge in [-0.2, -0.15) is 0 Å². The van der Waals surface area contributed by atoms with Crippen LogP contribution >= 0.6 is 11.3 Å². The third-order valence-corrected chi connectivity index (χ3v) is 3.56. The van der Waals surface area contributed by atoms with E-state index in [4.69, 9.17) is 5.73 Å². The maximum atomic E-state index is 5.69. The Labute approximate surface area is 76.8 Å². The van der Waals surface area contributed by atoms with Gasteiger partial charge in [0.05, 0.1) is 0 Å². The van der Waals surface area contributed by atoms with Crippen molar-refractivity contribution in [3.63, 3.8) is 0 Å². The van der Waals surface area contributed by atoms with E-state index < -0.39 is 0 Å². The highest BCUT2D eigenvalue weighted by Gasteiger charge is 2.27. The number of hydrogen-bond donors (Lipinski definition) is 2. The van der Waals surface area contributed by atoms with Crippen molar-refractivity contribution in [2.45, 2.75) is 5.92 Å². The van der Waals surface area contributed by atoms with Gasteiger partial charge in [0, 0.05) is 17.3 Å². The molecule has 0 aromatic carbocycles. The zero-order valence-corrected chi connectivity index (χ0v) is 7.81. The fraction of sp³-hybridized carbons (Fsp3) is 0.556. The molecule has 0 radical (unpaired) electrons. The highest BCUT2D eigenvalue weighted by molar-refractivity contribution is 7.10.